The van der Waals surface area contributed by atoms with Crippen molar-refractivity contribution in [3.05, 3.63) is 89.7 Å². The third-order valence-corrected chi connectivity index (χ3v) is 7.98. The minimum atomic E-state index is -1.14. The number of aromatic nitrogens is 1. The topological polar surface area (TPSA) is 107 Å². The fourth-order valence-corrected chi connectivity index (χ4v) is 5.65. The van der Waals surface area contributed by atoms with E-state index in [1.165, 1.54) is 5.56 Å². The summed E-state index contributed by atoms with van der Waals surface area (Å²) in [5.74, 6) is -3.28. The molecule has 2 amide bonds. The van der Waals surface area contributed by atoms with E-state index in [1.807, 2.05) is 58.0 Å². The molecule has 4 unspecified atom stereocenters. The van der Waals surface area contributed by atoms with Gasteiger partial charge in [-0.1, -0.05) is 74.9 Å². The molecule has 8 nitrogen and oxygen atoms in total. The fourth-order valence-electron chi connectivity index (χ4n) is 5.65. The maximum atomic E-state index is 14.0. The molecule has 2 N–H and O–H groups in total. The van der Waals surface area contributed by atoms with Gasteiger partial charge in [0.25, 0.3) is 0 Å². The normalized spacial score (nSPS) is 18.2. The molecule has 2 aromatic carbocycles. The van der Waals surface area contributed by atoms with Crippen LogP contribution in [0, 0.1) is 18.3 Å². The molecule has 4 atom stereocenters. The van der Waals surface area contributed by atoms with Crippen LogP contribution in [-0.4, -0.2) is 40.7 Å². The molecule has 1 aromatic heterocycles. The van der Waals surface area contributed by atoms with E-state index >= 15 is 0 Å². The van der Waals surface area contributed by atoms with Gasteiger partial charge in [-0.25, -0.2) is 4.79 Å². The molecule has 234 valence electrons. The third-order valence-electron chi connectivity index (χ3n) is 7.98. The predicted molar refractivity (Wildman–Crippen MR) is 170 cm³/mol. The molecule has 3 aromatic rings. The highest BCUT2D eigenvalue weighted by atomic mass is 16.8. The van der Waals surface area contributed by atoms with Crippen molar-refractivity contribution in [2.24, 2.45) is 11.3 Å². The molecule has 0 bridgehead atoms. The molecule has 0 spiro atoms. The standard InChI is InChI=1S/C36H45N3O5/c1-23-12-10-15-27(22-23)28-16-9-8-13-26(28)14-11-17-29(30-34(42)44-36(6,7)43-30)32(40)39-31(35(3,4)5)33(41)38-24(2)25-18-20-37-21-19-25/h8-10,12-13,15-16,18-22,24,29-31H,11,14,17H2,1-7H3,(H,38,41)(H,39,40). The Morgan fingerprint density at radius 1 is 0.977 bits per heavy atom. The second-order valence-corrected chi connectivity index (χ2v) is 13.2. The lowest BCUT2D eigenvalue weighted by atomic mass is 9.84. The van der Waals surface area contributed by atoms with E-state index in [-0.39, 0.29) is 11.9 Å². The first-order chi connectivity index (χ1) is 20.7. The van der Waals surface area contributed by atoms with E-state index in [0.717, 1.165) is 22.3 Å². The number of benzene rings is 2. The van der Waals surface area contributed by atoms with Gasteiger partial charge in [-0.2, -0.15) is 0 Å². The summed E-state index contributed by atoms with van der Waals surface area (Å²) in [5, 5.41) is 6.00. The molecule has 1 saturated heterocycles. The van der Waals surface area contributed by atoms with Gasteiger partial charge in [0.2, 0.25) is 17.6 Å². The molecule has 1 aliphatic rings. The largest absolute Gasteiger partial charge is 0.432 e. The maximum absolute atomic E-state index is 14.0. The van der Waals surface area contributed by atoms with Crippen molar-refractivity contribution in [3.8, 4) is 11.1 Å². The number of cyclic esters (lactones) is 1. The van der Waals surface area contributed by atoms with Gasteiger partial charge in [-0.3, -0.25) is 14.6 Å². The molecule has 44 heavy (non-hydrogen) atoms. The van der Waals surface area contributed by atoms with Gasteiger partial charge < -0.3 is 20.1 Å². The summed E-state index contributed by atoms with van der Waals surface area (Å²) in [7, 11) is 0. The molecular formula is C36H45N3O5. The highest BCUT2D eigenvalue weighted by Gasteiger charge is 2.48. The fraction of sp³-hybridized carbons (Fsp3) is 0.444. The summed E-state index contributed by atoms with van der Waals surface area (Å²) in [4.78, 5) is 44.5. The van der Waals surface area contributed by atoms with Crippen molar-refractivity contribution < 1.29 is 23.9 Å². The first-order valence-electron chi connectivity index (χ1n) is 15.3. The number of nitrogens with one attached hydrogen (secondary N) is 2. The first kappa shape index (κ1) is 32.9. The lowest BCUT2D eigenvalue weighted by Gasteiger charge is -2.33. The Balaban J connectivity index is 1.53. The zero-order valence-corrected chi connectivity index (χ0v) is 26.8. The number of carbonyl (C=O) groups is 3. The Kier molecular flexibility index (Phi) is 10.3. The number of rotatable bonds is 11. The summed E-state index contributed by atoms with van der Waals surface area (Å²) in [6.07, 6.45) is 3.97. The van der Waals surface area contributed by atoms with Gasteiger partial charge in [-0.05, 0) is 72.9 Å². The lowest BCUT2D eigenvalue weighted by molar-refractivity contribution is -0.162. The Labute approximate surface area is 261 Å². The van der Waals surface area contributed by atoms with Crippen LogP contribution in [0.4, 0.5) is 0 Å². The SMILES string of the molecule is Cc1cccc(-c2ccccc2CCCC(C(=O)NC(C(=O)NC(C)c2ccncc2)C(C)(C)C)C2OC(C)(C)OC2=O)c1. The molecule has 2 heterocycles. The first-order valence-corrected chi connectivity index (χ1v) is 15.3. The van der Waals surface area contributed by atoms with E-state index in [4.69, 9.17) is 9.47 Å². The number of hydrogen-bond donors (Lipinski definition) is 2. The minimum Gasteiger partial charge on any atom is -0.432 e. The van der Waals surface area contributed by atoms with E-state index in [1.54, 1.807) is 26.2 Å². The average molecular weight is 600 g/mol. The monoisotopic (exact) mass is 599 g/mol. The summed E-state index contributed by atoms with van der Waals surface area (Å²) in [6.45, 7) is 13.0. The number of nitrogens with zero attached hydrogens (tertiary/aromatic N) is 1. The predicted octanol–water partition coefficient (Wildman–Crippen LogP) is 6.08. The van der Waals surface area contributed by atoms with E-state index < -0.39 is 41.1 Å². The summed E-state index contributed by atoms with van der Waals surface area (Å²) in [5.41, 5.74) is 4.92. The number of pyridine rings is 1. The number of esters is 1. The van der Waals surface area contributed by atoms with Crippen molar-refractivity contribution in [2.75, 3.05) is 0 Å². The van der Waals surface area contributed by atoms with Crippen LogP contribution in [0.1, 0.15) is 77.1 Å². The molecule has 0 saturated carbocycles. The number of ether oxygens (including phenoxy) is 2. The van der Waals surface area contributed by atoms with Crippen molar-refractivity contribution in [2.45, 2.75) is 91.7 Å². The van der Waals surface area contributed by atoms with Crippen LogP contribution >= 0.6 is 0 Å². The van der Waals surface area contributed by atoms with Gasteiger partial charge in [0.1, 0.15) is 6.04 Å². The number of carbonyl (C=O) groups excluding carboxylic acids is 3. The van der Waals surface area contributed by atoms with Crippen molar-refractivity contribution in [1.82, 2.24) is 15.6 Å². The Hall–Kier alpha value is -4.04. The number of amides is 2. The van der Waals surface area contributed by atoms with Crippen LogP contribution in [0.25, 0.3) is 11.1 Å². The van der Waals surface area contributed by atoms with Crippen LogP contribution in [0.15, 0.2) is 73.1 Å². The summed E-state index contributed by atoms with van der Waals surface area (Å²) < 4.78 is 11.4. The summed E-state index contributed by atoms with van der Waals surface area (Å²) in [6, 6.07) is 19.2. The third kappa shape index (κ3) is 8.32. The average Bonchev–Trinajstić information content (AvgIpc) is 3.25. The van der Waals surface area contributed by atoms with Crippen molar-refractivity contribution >= 4 is 17.8 Å². The second-order valence-electron chi connectivity index (χ2n) is 13.2. The maximum Gasteiger partial charge on any atom is 0.338 e. The highest BCUT2D eigenvalue weighted by Crippen LogP contribution is 2.32. The Bertz CT molecular complexity index is 1460. The van der Waals surface area contributed by atoms with Crippen LogP contribution in [0.2, 0.25) is 0 Å². The van der Waals surface area contributed by atoms with E-state index in [2.05, 4.69) is 52.9 Å². The van der Waals surface area contributed by atoms with Crippen molar-refractivity contribution in [3.63, 3.8) is 0 Å². The van der Waals surface area contributed by atoms with Crippen LogP contribution < -0.4 is 10.6 Å². The highest BCUT2D eigenvalue weighted by molar-refractivity contribution is 5.92. The van der Waals surface area contributed by atoms with Crippen molar-refractivity contribution in [1.29, 1.82) is 0 Å². The zero-order valence-electron chi connectivity index (χ0n) is 26.8. The molecule has 1 aliphatic heterocycles. The molecule has 1 fully saturated rings. The van der Waals surface area contributed by atoms with E-state index in [0.29, 0.717) is 19.3 Å². The van der Waals surface area contributed by atoms with Crippen LogP contribution in [-0.2, 0) is 30.3 Å². The minimum absolute atomic E-state index is 0.287. The number of aryl methyl sites for hydroxylation is 2. The summed E-state index contributed by atoms with van der Waals surface area (Å²) >= 11 is 0. The van der Waals surface area contributed by atoms with E-state index in [9.17, 15) is 14.4 Å². The molecule has 8 heteroatoms. The Morgan fingerprint density at radius 2 is 1.68 bits per heavy atom. The molecule has 0 aliphatic carbocycles. The van der Waals surface area contributed by atoms with Crippen LogP contribution in [0.3, 0.4) is 0 Å². The van der Waals surface area contributed by atoms with Gasteiger partial charge in [0.05, 0.1) is 12.0 Å². The van der Waals surface area contributed by atoms with Crippen LogP contribution in [0.5, 0.6) is 0 Å². The van der Waals surface area contributed by atoms with Gasteiger partial charge in [0.15, 0.2) is 6.10 Å². The molecule has 0 radical (unpaired) electrons. The van der Waals surface area contributed by atoms with Gasteiger partial charge in [-0.15, -0.1) is 0 Å². The molecule has 4 rings (SSSR count). The number of hydrogen-bond acceptors (Lipinski definition) is 6. The van der Waals surface area contributed by atoms with Gasteiger partial charge in [0, 0.05) is 26.2 Å². The second kappa shape index (κ2) is 13.7. The lowest BCUT2D eigenvalue weighted by Crippen LogP contribution is -2.56. The quantitative estimate of drug-likeness (QED) is 0.259. The molecular weight excluding hydrogens is 554 g/mol. The van der Waals surface area contributed by atoms with Gasteiger partial charge >= 0.3 is 5.97 Å². The Morgan fingerprint density at radius 3 is 2.32 bits per heavy atom. The smallest absolute Gasteiger partial charge is 0.338 e. The zero-order chi connectivity index (χ0) is 32.1.